The number of aliphatic hydroxyl groups is 1. The molecule has 1 aromatic carbocycles. The Morgan fingerprint density at radius 1 is 1.35 bits per heavy atom. The molecule has 0 aliphatic heterocycles. The monoisotopic (exact) mass is 301 g/mol. The van der Waals surface area contributed by atoms with Gasteiger partial charge in [-0.3, -0.25) is 0 Å². The summed E-state index contributed by atoms with van der Waals surface area (Å²) in [4.78, 5) is 0.0499. The lowest BCUT2D eigenvalue weighted by Crippen LogP contribution is -2.42. The third kappa shape index (κ3) is 3.23. The molecule has 20 heavy (non-hydrogen) atoms. The van der Waals surface area contributed by atoms with Crippen molar-refractivity contribution in [3.8, 4) is 0 Å². The fourth-order valence-electron chi connectivity index (χ4n) is 1.53. The molecule has 0 spiro atoms. The van der Waals surface area contributed by atoms with E-state index < -0.39 is 21.7 Å². The molecule has 0 heterocycles. The molecule has 7 heteroatoms. The Bertz CT molecular complexity index is 581. The Morgan fingerprint density at radius 3 is 2.35 bits per heavy atom. The van der Waals surface area contributed by atoms with Gasteiger partial charge in [0.05, 0.1) is 23.0 Å². The molecule has 0 radical (unpaired) electrons. The minimum absolute atomic E-state index is 0.0499. The second-order valence-electron chi connectivity index (χ2n) is 5.53. The number of nitrogens with one attached hydrogen (secondary N) is 1. The van der Waals surface area contributed by atoms with Crippen molar-refractivity contribution < 1.29 is 13.5 Å². The van der Waals surface area contributed by atoms with E-state index in [4.69, 9.17) is 5.73 Å². The van der Waals surface area contributed by atoms with Crippen molar-refractivity contribution in [1.82, 2.24) is 4.31 Å². The van der Waals surface area contributed by atoms with E-state index in [9.17, 15) is 13.5 Å². The standard InChI is InChI=1S/C13H23N3O3S/c1-9(17)13(2,3)15-10-7-6-8-11(12(10)14)20(18,19)16(4)5/h6-9,15,17H,14H2,1-5H3. The summed E-state index contributed by atoms with van der Waals surface area (Å²) in [6, 6.07) is 4.77. The number of nitrogen functional groups attached to an aromatic ring is 1. The molecule has 0 saturated heterocycles. The highest BCUT2D eigenvalue weighted by Crippen LogP contribution is 2.30. The van der Waals surface area contributed by atoms with Gasteiger partial charge >= 0.3 is 0 Å². The lowest BCUT2D eigenvalue weighted by atomic mass is 9.98. The SMILES string of the molecule is CC(O)C(C)(C)Nc1cccc(S(=O)(=O)N(C)C)c1N. The molecular weight excluding hydrogens is 278 g/mol. The van der Waals surface area contributed by atoms with Crippen LogP contribution < -0.4 is 11.1 Å². The smallest absolute Gasteiger partial charge is 0.244 e. The average molecular weight is 301 g/mol. The molecule has 6 nitrogen and oxygen atoms in total. The second-order valence-corrected chi connectivity index (χ2v) is 7.65. The molecule has 0 aromatic heterocycles. The van der Waals surface area contributed by atoms with Crippen LogP contribution in [0.5, 0.6) is 0 Å². The highest BCUT2D eigenvalue weighted by Gasteiger charge is 2.27. The maximum Gasteiger partial charge on any atom is 0.244 e. The van der Waals surface area contributed by atoms with Crippen LogP contribution in [-0.4, -0.2) is 43.6 Å². The van der Waals surface area contributed by atoms with E-state index in [2.05, 4.69) is 5.32 Å². The first-order chi connectivity index (χ1) is 9.00. The minimum atomic E-state index is -3.60. The zero-order valence-corrected chi connectivity index (χ0v) is 13.3. The quantitative estimate of drug-likeness (QED) is 0.708. The molecule has 0 aliphatic rings. The molecule has 0 amide bonds. The molecule has 0 saturated carbocycles. The summed E-state index contributed by atoms with van der Waals surface area (Å²) in [5.41, 5.74) is 5.97. The number of nitrogens with zero attached hydrogens (tertiary/aromatic N) is 1. The molecule has 114 valence electrons. The van der Waals surface area contributed by atoms with Crippen LogP contribution in [0, 0.1) is 0 Å². The maximum absolute atomic E-state index is 12.2. The molecule has 4 N–H and O–H groups in total. The van der Waals surface area contributed by atoms with Gasteiger partial charge in [0, 0.05) is 14.1 Å². The molecule has 0 fully saturated rings. The molecule has 1 atom stereocenters. The lowest BCUT2D eigenvalue weighted by Gasteiger charge is -2.31. The van der Waals surface area contributed by atoms with Crippen LogP contribution in [0.15, 0.2) is 23.1 Å². The molecule has 1 rings (SSSR count). The van der Waals surface area contributed by atoms with Crippen molar-refractivity contribution in [1.29, 1.82) is 0 Å². The van der Waals surface area contributed by atoms with Crippen LogP contribution in [0.25, 0.3) is 0 Å². The van der Waals surface area contributed by atoms with Crippen LogP contribution in [-0.2, 0) is 10.0 Å². The van der Waals surface area contributed by atoms with E-state index in [1.54, 1.807) is 19.1 Å². The Morgan fingerprint density at radius 2 is 1.90 bits per heavy atom. The highest BCUT2D eigenvalue weighted by molar-refractivity contribution is 7.89. The first kappa shape index (κ1) is 16.7. The van der Waals surface area contributed by atoms with Gasteiger partial charge in [0.2, 0.25) is 10.0 Å². The van der Waals surface area contributed by atoms with Crippen molar-refractivity contribution in [3.63, 3.8) is 0 Å². The van der Waals surface area contributed by atoms with Gasteiger partial charge in [0.25, 0.3) is 0 Å². The number of rotatable bonds is 5. The number of benzene rings is 1. The normalized spacial score (nSPS) is 14.3. The van der Waals surface area contributed by atoms with Gasteiger partial charge in [-0.1, -0.05) is 6.07 Å². The van der Waals surface area contributed by atoms with E-state index >= 15 is 0 Å². The van der Waals surface area contributed by atoms with Gasteiger partial charge in [-0.05, 0) is 32.9 Å². The topological polar surface area (TPSA) is 95.7 Å². The van der Waals surface area contributed by atoms with Gasteiger partial charge in [0.1, 0.15) is 4.90 Å². The third-order valence-corrected chi connectivity index (χ3v) is 5.20. The van der Waals surface area contributed by atoms with Crippen LogP contribution in [0.1, 0.15) is 20.8 Å². The van der Waals surface area contributed by atoms with E-state index in [1.807, 2.05) is 13.8 Å². The van der Waals surface area contributed by atoms with E-state index in [1.165, 1.54) is 20.2 Å². The van der Waals surface area contributed by atoms with Crippen LogP contribution >= 0.6 is 0 Å². The number of aliphatic hydroxyl groups excluding tert-OH is 1. The van der Waals surface area contributed by atoms with Crippen LogP contribution in [0.3, 0.4) is 0 Å². The number of hydrogen-bond acceptors (Lipinski definition) is 5. The van der Waals surface area contributed by atoms with Crippen molar-refractivity contribution in [3.05, 3.63) is 18.2 Å². The summed E-state index contributed by atoms with van der Waals surface area (Å²) in [6.45, 7) is 5.28. The second kappa shape index (κ2) is 5.59. The Hall–Kier alpha value is -1.31. The predicted molar refractivity (Wildman–Crippen MR) is 81.1 cm³/mol. The number of para-hydroxylation sites is 1. The van der Waals surface area contributed by atoms with Gasteiger partial charge in [-0.2, -0.15) is 0 Å². The summed E-state index contributed by atoms with van der Waals surface area (Å²) in [5.74, 6) is 0. The first-order valence-electron chi connectivity index (χ1n) is 6.27. The van der Waals surface area contributed by atoms with E-state index in [0.29, 0.717) is 5.69 Å². The summed E-state index contributed by atoms with van der Waals surface area (Å²) >= 11 is 0. The van der Waals surface area contributed by atoms with Gasteiger partial charge in [0.15, 0.2) is 0 Å². The summed E-state index contributed by atoms with van der Waals surface area (Å²) < 4.78 is 25.5. The Labute approximate surface area is 120 Å². The highest BCUT2D eigenvalue weighted by atomic mass is 32.2. The van der Waals surface area contributed by atoms with Gasteiger partial charge in [-0.25, -0.2) is 12.7 Å². The van der Waals surface area contributed by atoms with Crippen molar-refractivity contribution in [2.75, 3.05) is 25.1 Å². The van der Waals surface area contributed by atoms with Crippen molar-refractivity contribution in [2.24, 2.45) is 0 Å². The molecule has 0 aliphatic carbocycles. The fraction of sp³-hybridized carbons (Fsp3) is 0.538. The third-order valence-electron chi connectivity index (χ3n) is 3.33. The predicted octanol–water partition coefficient (Wildman–Crippen LogP) is 1.09. The average Bonchev–Trinajstić information content (AvgIpc) is 2.30. The lowest BCUT2D eigenvalue weighted by molar-refractivity contribution is 0.133. The van der Waals surface area contributed by atoms with E-state index in [-0.39, 0.29) is 10.6 Å². The maximum atomic E-state index is 12.2. The Kier molecular flexibility index (Phi) is 4.68. The van der Waals surface area contributed by atoms with Crippen molar-refractivity contribution >= 4 is 21.4 Å². The number of sulfonamides is 1. The Balaban J connectivity index is 3.28. The van der Waals surface area contributed by atoms with Crippen molar-refractivity contribution in [2.45, 2.75) is 37.3 Å². The zero-order valence-electron chi connectivity index (χ0n) is 12.5. The molecule has 1 unspecified atom stereocenters. The number of nitrogens with two attached hydrogens (primary N) is 1. The largest absolute Gasteiger partial charge is 0.396 e. The molecule has 0 bridgehead atoms. The number of anilines is 2. The molecule has 1 aromatic rings. The summed E-state index contributed by atoms with van der Waals surface area (Å²) in [7, 11) is -0.694. The number of hydrogen-bond donors (Lipinski definition) is 3. The molecular formula is C13H23N3O3S. The van der Waals surface area contributed by atoms with Gasteiger partial charge < -0.3 is 16.2 Å². The van der Waals surface area contributed by atoms with Crippen LogP contribution in [0.4, 0.5) is 11.4 Å². The first-order valence-corrected chi connectivity index (χ1v) is 7.71. The van der Waals surface area contributed by atoms with E-state index in [0.717, 1.165) is 4.31 Å². The summed E-state index contributed by atoms with van der Waals surface area (Å²) in [6.07, 6.45) is -0.629. The summed E-state index contributed by atoms with van der Waals surface area (Å²) in [5, 5.41) is 12.8. The minimum Gasteiger partial charge on any atom is -0.396 e. The fourth-order valence-corrected chi connectivity index (χ4v) is 2.56. The zero-order chi connectivity index (χ0) is 15.7. The van der Waals surface area contributed by atoms with Gasteiger partial charge in [-0.15, -0.1) is 0 Å². The van der Waals surface area contributed by atoms with Crippen LogP contribution in [0.2, 0.25) is 0 Å².